The van der Waals surface area contributed by atoms with Gasteiger partial charge in [-0.15, -0.1) is 0 Å². The lowest BCUT2D eigenvalue weighted by atomic mass is 10.1. The van der Waals surface area contributed by atoms with Gasteiger partial charge in [0.1, 0.15) is 22.2 Å². The molecule has 0 aliphatic heterocycles. The number of nitrogens with zero attached hydrogens (tertiary/aromatic N) is 3. The normalized spacial score (nSPS) is 10.4. The van der Waals surface area contributed by atoms with E-state index in [-0.39, 0.29) is 26.9 Å². The van der Waals surface area contributed by atoms with Crippen LogP contribution in [0.15, 0.2) is 41.4 Å². The lowest BCUT2D eigenvalue weighted by Crippen LogP contribution is -2.14. The predicted octanol–water partition coefficient (Wildman–Crippen LogP) is 2.28. The van der Waals surface area contributed by atoms with Gasteiger partial charge in [0, 0.05) is 6.20 Å². The fourth-order valence-electron chi connectivity index (χ4n) is 1.58. The van der Waals surface area contributed by atoms with E-state index >= 15 is 0 Å². The summed E-state index contributed by atoms with van der Waals surface area (Å²) in [6, 6.07) is 10.5. The standard InChI is InChI=1S/C13H7ClN4O2S/c14-13-12(2-1-5-17-13)21(19,20)18-11-4-3-9(7-15)10(6-11)8-16/h1-6,18H. The first-order chi connectivity index (χ1) is 9.97. The van der Waals surface area contributed by atoms with E-state index in [9.17, 15) is 8.42 Å². The molecule has 0 unspecified atom stereocenters. The Labute approximate surface area is 126 Å². The van der Waals surface area contributed by atoms with Gasteiger partial charge in [0.2, 0.25) is 0 Å². The highest BCUT2D eigenvalue weighted by molar-refractivity contribution is 7.92. The molecular formula is C13H7ClN4O2S. The maximum Gasteiger partial charge on any atom is 0.264 e. The van der Waals surface area contributed by atoms with Crippen LogP contribution in [0.2, 0.25) is 5.15 Å². The Morgan fingerprint density at radius 1 is 1.14 bits per heavy atom. The summed E-state index contributed by atoms with van der Waals surface area (Å²) in [6.45, 7) is 0. The quantitative estimate of drug-likeness (QED) is 0.874. The van der Waals surface area contributed by atoms with Crippen LogP contribution in [0.25, 0.3) is 0 Å². The average Bonchev–Trinajstić information content (AvgIpc) is 2.47. The van der Waals surface area contributed by atoms with Gasteiger partial charge in [-0.3, -0.25) is 4.72 Å². The third kappa shape index (κ3) is 3.11. The van der Waals surface area contributed by atoms with Crippen LogP contribution >= 0.6 is 11.6 Å². The molecule has 0 aliphatic carbocycles. The van der Waals surface area contributed by atoms with E-state index in [0.717, 1.165) is 0 Å². The number of rotatable bonds is 3. The first kappa shape index (κ1) is 14.8. The van der Waals surface area contributed by atoms with E-state index in [2.05, 4.69) is 9.71 Å². The van der Waals surface area contributed by atoms with E-state index in [1.807, 2.05) is 12.1 Å². The smallest absolute Gasteiger partial charge is 0.264 e. The molecular weight excluding hydrogens is 312 g/mol. The Morgan fingerprint density at radius 3 is 2.48 bits per heavy atom. The Bertz CT molecular complexity index is 882. The third-order valence-corrected chi connectivity index (χ3v) is 4.35. The summed E-state index contributed by atoms with van der Waals surface area (Å²) in [5, 5.41) is 17.6. The number of hydrogen-bond donors (Lipinski definition) is 1. The van der Waals surface area contributed by atoms with E-state index in [0.29, 0.717) is 0 Å². The molecule has 6 nitrogen and oxygen atoms in total. The average molecular weight is 319 g/mol. The molecule has 2 aromatic rings. The lowest BCUT2D eigenvalue weighted by molar-refractivity contribution is 0.601. The molecule has 0 spiro atoms. The van der Waals surface area contributed by atoms with Crippen LogP contribution in [-0.2, 0) is 10.0 Å². The number of benzene rings is 1. The molecule has 0 fully saturated rings. The lowest BCUT2D eigenvalue weighted by Gasteiger charge is -2.09. The van der Waals surface area contributed by atoms with Crippen molar-refractivity contribution in [2.75, 3.05) is 4.72 Å². The molecule has 0 saturated heterocycles. The summed E-state index contributed by atoms with van der Waals surface area (Å²) in [7, 11) is -3.93. The predicted molar refractivity (Wildman–Crippen MR) is 75.9 cm³/mol. The van der Waals surface area contributed by atoms with Gasteiger partial charge in [-0.05, 0) is 30.3 Å². The van der Waals surface area contributed by atoms with Crippen LogP contribution in [0, 0.1) is 22.7 Å². The summed E-state index contributed by atoms with van der Waals surface area (Å²) in [5.41, 5.74) is 0.403. The van der Waals surface area contributed by atoms with Gasteiger partial charge in [-0.2, -0.15) is 10.5 Å². The minimum absolute atomic E-state index is 0.0787. The van der Waals surface area contributed by atoms with Crippen molar-refractivity contribution in [1.82, 2.24) is 4.98 Å². The molecule has 0 bridgehead atoms. The molecule has 1 aromatic carbocycles. The maximum atomic E-state index is 12.2. The van der Waals surface area contributed by atoms with Crippen LogP contribution < -0.4 is 4.72 Å². The third-order valence-electron chi connectivity index (χ3n) is 2.53. The molecule has 1 N–H and O–H groups in total. The Hall–Kier alpha value is -2.61. The van der Waals surface area contributed by atoms with E-state index in [1.165, 1.54) is 36.5 Å². The number of halogens is 1. The topological polar surface area (TPSA) is 107 Å². The molecule has 21 heavy (non-hydrogen) atoms. The highest BCUT2D eigenvalue weighted by Gasteiger charge is 2.19. The zero-order valence-corrected chi connectivity index (χ0v) is 12.0. The van der Waals surface area contributed by atoms with Gasteiger partial charge in [-0.25, -0.2) is 13.4 Å². The summed E-state index contributed by atoms with van der Waals surface area (Å²) >= 11 is 5.76. The van der Waals surface area contributed by atoms with Crippen molar-refractivity contribution in [2.24, 2.45) is 0 Å². The highest BCUT2D eigenvalue weighted by Crippen LogP contribution is 2.22. The minimum atomic E-state index is -3.93. The second kappa shape index (κ2) is 5.80. The van der Waals surface area contributed by atoms with Crippen LogP contribution in [0.4, 0.5) is 5.69 Å². The van der Waals surface area contributed by atoms with Crippen molar-refractivity contribution >= 4 is 27.3 Å². The maximum absolute atomic E-state index is 12.2. The Balaban J connectivity index is 2.41. The number of nitriles is 2. The Morgan fingerprint density at radius 2 is 1.86 bits per heavy atom. The van der Waals surface area contributed by atoms with Crippen molar-refractivity contribution in [1.29, 1.82) is 10.5 Å². The van der Waals surface area contributed by atoms with E-state index in [4.69, 9.17) is 22.1 Å². The molecule has 0 radical (unpaired) electrons. The monoisotopic (exact) mass is 318 g/mol. The SMILES string of the molecule is N#Cc1ccc(NS(=O)(=O)c2cccnc2Cl)cc1C#N. The van der Waals surface area contributed by atoms with Gasteiger partial charge in [0.05, 0.1) is 16.8 Å². The van der Waals surface area contributed by atoms with Gasteiger partial charge in [0.25, 0.3) is 10.0 Å². The number of pyridine rings is 1. The van der Waals surface area contributed by atoms with Crippen LogP contribution in [0.1, 0.15) is 11.1 Å². The highest BCUT2D eigenvalue weighted by atomic mass is 35.5. The van der Waals surface area contributed by atoms with Gasteiger partial charge >= 0.3 is 0 Å². The zero-order valence-electron chi connectivity index (χ0n) is 10.4. The number of aromatic nitrogens is 1. The van der Waals surface area contributed by atoms with Crippen molar-refractivity contribution < 1.29 is 8.42 Å². The second-order valence-corrected chi connectivity index (χ2v) is 5.89. The number of anilines is 1. The molecule has 2 rings (SSSR count). The van der Waals surface area contributed by atoms with Crippen molar-refractivity contribution in [3.8, 4) is 12.1 Å². The van der Waals surface area contributed by atoms with Crippen LogP contribution in [-0.4, -0.2) is 13.4 Å². The summed E-state index contributed by atoms with van der Waals surface area (Å²) < 4.78 is 26.7. The molecule has 1 aromatic heterocycles. The number of sulfonamides is 1. The van der Waals surface area contributed by atoms with E-state index < -0.39 is 10.0 Å². The fourth-order valence-corrected chi connectivity index (χ4v) is 3.08. The fraction of sp³-hybridized carbons (Fsp3) is 0. The van der Waals surface area contributed by atoms with Crippen molar-refractivity contribution in [3.63, 3.8) is 0 Å². The Kier molecular flexibility index (Phi) is 4.08. The first-order valence-corrected chi connectivity index (χ1v) is 7.41. The minimum Gasteiger partial charge on any atom is -0.279 e. The van der Waals surface area contributed by atoms with E-state index in [1.54, 1.807) is 0 Å². The van der Waals surface area contributed by atoms with Crippen LogP contribution in [0.5, 0.6) is 0 Å². The van der Waals surface area contributed by atoms with Gasteiger partial charge in [0.15, 0.2) is 0 Å². The molecule has 104 valence electrons. The second-order valence-electron chi connectivity index (χ2n) is 3.88. The molecule has 8 heteroatoms. The summed E-state index contributed by atoms with van der Waals surface area (Å²) in [5.74, 6) is 0. The summed E-state index contributed by atoms with van der Waals surface area (Å²) in [4.78, 5) is 3.53. The number of nitrogens with one attached hydrogen (secondary N) is 1. The molecule has 0 atom stereocenters. The summed E-state index contributed by atoms with van der Waals surface area (Å²) in [6.07, 6.45) is 1.37. The molecule has 0 aliphatic rings. The van der Waals surface area contributed by atoms with Crippen molar-refractivity contribution in [3.05, 3.63) is 52.8 Å². The van der Waals surface area contributed by atoms with Crippen LogP contribution in [0.3, 0.4) is 0 Å². The largest absolute Gasteiger partial charge is 0.279 e. The molecule has 0 amide bonds. The zero-order chi connectivity index (χ0) is 15.5. The van der Waals surface area contributed by atoms with Crippen molar-refractivity contribution in [2.45, 2.75) is 4.90 Å². The molecule has 1 heterocycles. The molecule has 0 saturated carbocycles. The first-order valence-electron chi connectivity index (χ1n) is 5.55. The number of hydrogen-bond acceptors (Lipinski definition) is 5. The van der Waals surface area contributed by atoms with Gasteiger partial charge in [-0.1, -0.05) is 11.6 Å². The van der Waals surface area contributed by atoms with Gasteiger partial charge < -0.3 is 0 Å².